The van der Waals surface area contributed by atoms with Crippen LogP contribution in [0.15, 0.2) is 42.5 Å². The van der Waals surface area contributed by atoms with Crippen LogP contribution in [0.5, 0.6) is 23.0 Å². The number of methoxy groups -OCH3 is 2. The number of esters is 1. The van der Waals surface area contributed by atoms with Crippen LogP contribution in [0.25, 0.3) is 10.8 Å². The van der Waals surface area contributed by atoms with E-state index >= 15 is 0 Å². The molecule has 0 amide bonds. The Hall–Kier alpha value is -3.41. The molecule has 0 bridgehead atoms. The van der Waals surface area contributed by atoms with Crippen LogP contribution in [0.1, 0.15) is 43.9 Å². The molecule has 3 rings (SSSR count). The van der Waals surface area contributed by atoms with Crippen molar-refractivity contribution in [3.05, 3.63) is 53.6 Å². The summed E-state index contributed by atoms with van der Waals surface area (Å²) in [4.78, 5) is 11.9. The van der Waals surface area contributed by atoms with E-state index in [9.17, 15) is 4.79 Å². The molecule has 0 heterocycles. The zero-order valence-electron chi connectivity index (χ0n) is 19.6. The van der Waals surface area contributed by atoms with E-state index in [-0.39, 0.29) is 6.10 Å². The molecular formula is C26H31NO5. The maximum absolute atomic E-state index is 11.9. The van der Waals surface area contributed by atoms with E-state index in [1.165, 1.54) is 19.6 Å². The van der Waals surface area contributed by atoms with Crippen LogP contribution in [0.3, 0.4) is 0 Å². The van der Waals surface area contributed by atoms with E-state index in [0.29, 0.717) is 28.4 Å². The zero-order chi connectivity index (χ0) is 23.3. The second-order valence-electron chi connectivity index (χ2n) is 7.64. The second-order valence-corrected chi connectivity index (χ2v) is 7.64. The molecule has 0 spiro atoms. The van der Waals surface area contributed by atoms with Crippen molar-refractivity contribution in [2.45, 2.75) is 39.7 Å². The molecule has 1 atom stereocenters. The van der Waals surface area contributed by atoms with Gasteiger partial charge in [0.2, 0.25) is 11.5 Å². The average Bonchev–Trinajstić information content (AvgIpc) is 2.78. The summed E-state index contributed by atoms with van der Waals surface area (Å²) >= 11 is 0. The van der Waals surface area contributed by atoms with Crippen molar-refractivity contribution in [2.24, 2.45) is 0 Å². The van der Waals surface area contributed by atoms with E-state index in [1.54, 1.807) is 7.11 Å². The fourth-order valence-corrected chi connectivity index (χ4v) is 3.84. The Morgan fingerprint density at radius 2 is 1.69 bits per heavy atom. The molecule has 0 fully saturated rings. The Morgan fingerprint density at radius 3 is 2.28 bits per heavy atom. The number of rotatable bonds is 9. The van der Waals surface area contributed by atoms with Gasteiger partial charge in [0.15, 0.2) is 11.5 Å². The van der Waals surface area contributed by atoms with Crippen molar-refractivity contribution in [3.8, 4) is 23.0 Å². The van der Waals surface area contributed by atoms with Crippen LogP contribution in [0.2, 0.25) is 0 Å². The van der Waals surface area contributed by atoms with Gasteiger partial charge < -0.3 is 24.3 Å². The third kappa shape index (κ3) is 4.74. The maximum atomic E-state index is 11.9. The van der Waals surface area contributed by atoms with Crippen LogP contribution < -0.4 is 24.3 Å². The Labute approximate surface area is 189 Å². The molecule has 0 aliphatic carbocycles. The van der Waals surface area contributed by atoms with E-state index < -0.39 is 5.97 Å². The van der Waals surface area contributed by atoms with Crippen LogP contribution in [0.4, 0.5) is 5.69 Å². The van der Waals surface area contributed by atoms with Gasteiger partial charge in [-0.3, -0.25) is 4.79 Å². The van der Waals surface area contributed by atoms with Gasteiger partial charge in [0, 0.05) is 30.4 Å². The van der Waals surface area contributed by atoms with Crippen LogP contribution in [-0.4, -0.2) is 27.2 Å². The molecule has 0 saturated heterocycles. The van der Waals surface area contributed by atoms with Crippen molar-refractivity contribution in [1.29, 1.82) is 0 Å². The van der Waals surface area contributed by atoms with Crippen molar-refractivity contribution < 1.29 is 23.7 Å². The zero-order valence-corrected chi connectivity index (χ0v) is 19.6. The molecule has 170 valence electrons. The molecule has 0 aromatic heterocycles. The molecule has 6 nitrogen and oxygen atoms in total. The first kappa shape index (κ1) is 23.3. The van der Waals surface area contributed by atoms with Crippen LogP contribution in [-0.2, 0) is 4.79 Å². The summed E-state index contributed by atoms with van der Waals surface area (Å²) in [6.45, 7) is 5.56. The molecule has 0 aliphatic rings. The second kappa shape index (κ2) is 10.3. The SMILES string of the molecule is CCCC(Oc1c(OC)c(OC)c(OC(C)=O)c2ccc(NC)cc12)c1cccc(C)c1. The molecular weight excluding hydrogens is 406 g/mol. The van der Waals surface area contributed by atoms with E-state index in [0.717, 1.165) is 29.5 Å². The van der Waals surface area contributed by atoms with Crippen LogP contribution >= 0.6 is 0 Å². The molecule has 0 saturated carbocycles. The number of fused-ring (bicyclic) bond motifs is 1. The minimum atomic E-state index is -0.443. The Balaban J connectivity index is 2.29. The number of nitrogens with one attached hydrogen (secondary N) is 1. The molecule has 1 N–H and O–H groups in total. The van der Waals surface area contributed by atoms with Gasteiger partial charge in [-0.2, -0.15) is 0 Å². The van der Waals surface area contributed by atoms with Gasteiger partial charge in [-0.25, -0.2) is 0 Å². The highest BCUT2D eigenvalue weighted by Gasteiger charge is 2.27. The first-order valence-corrected chi connectivity index (χ1v) is 10.7. The summed E-state index contributed by atoms with van der Waals surface area (Å²) in [5.74, 6) is 1.12. The Morgan fingerprint density at radius 1 is 0.969 bits per heavy atom. The lowest BCUT2D eigenvalue weighted by atomic mass is 10.0. The van der Waals surface area contributed by atoms with E-state index in [4.69, 9.17) is 18.9 Å². The van der Waals surface area contributed by atoms with Crippen LogP contribution in [0, 0.1) is 6.92 Å². The summed E-state index contributed by atoms with van der Waals surface area (Å²) < 4.78 is 23.6. The largest absolute Gasteiger partial charge is 0.490 e. The van der Waals surface area contributed by atoms with Gasteiger partial charge >= 0.3 is 5.97 Å². The van der Waals surface area contributed by atoms with Gasteiger partial charge in [0.25, 0.3) is 0 Å². The molecule has 1 unspecified atom stereocenters. The van der Waals surface area contributed by atoms with Crippen molar-refractivity contribution in [3.63, 3.8) is 0 Å². The minimum absolute atomic E-state index is 0.181. The number of carbonyl (C=O) groups is 1. The summed E-state index contributed by atoms with van der Waals surface area (Å²) in [5, 5.41) is 4.62. The average molecular weight is 438 g/mol. The number of ether oxygens (including phenoxy) is 4. The lowest BCUT2D eigenvalue weighted by molar-refractivity contribution is -0.131. The maximum Gasteiger partial charge on any atom is 0.308 e. The first-order chi connectivity index (χ1) is 15.4. The number of carbonyl (C=O) groups excluding carboxylic acids is 1. The van der Waals surface area contributed by atoms with Crippen molar-refractivity contribution in [2.75, 3.05) is 26.6 Å². The lowest BCUT2D eigenvalue weighted by Crippen LogP contribution is -2.11. The van der Waals surface area contributed by atoms with E-state index in [1.807, 2.05) is 31.3 Å². The topological polar surface area (TPSA) is 66.0 Å². The number of anilines is 1. The standard InChI is InChI=1S/C26H31NO5/c1-7-9-22(18-11-8-10-16(2)14-18)32-24-21-15-19(27-4)12-13-20(21)23(31-17(3)28)25(29-5)26(24)30-6/h8,10-15,22,27H,7,9H2,1-6H3. The molecule has 0 aliphatic heterocycles. The number of benzene rings is 3. The normalized spacial score (nSPS) is 11.7. The molecule has 0 radical (unpaired) electrons. The van der Waals surface area contributed by atoms with Crippen molar-refractivity contribution in [1.82, 2.24) is 0 Å². The van der Waals surface area contributed by atoms with Gasteiger partial charge in [-0.05, 0) is 37.1 Å². The van der Waals surface area contributed by atoms with Gasteiger partial charge in [-0.15, -0.1) is 0 Å². The summed E-state index contributed by atoms with van der Waals surface area (Å²) in [6, 6.07) is 14.1. The predicted molar refractivity (Wildman–Crippen MR) is 127 cm³/mol. The first-order valence-electron chi connectivity index (χ1n) is 10.7. The third-order valence-corrected chi connectivity index (χ3v) is 5.30. The fourth-order valence-electron chi connectivity index (χ4n) is 3.84. The number of hydrogen-bond acceptors (Lipinski definition) is 6. The smallest absolute Gasteiger partial charge is 0.308 e. The number of aryl methyl sites for hydroxylation is 1. The highest BCUT2D eigenvalue weighted by molar-refractivity contribution is 6.01. The van der Waals surface area contributed by atoms with Gasteiger partial charge in [0.05, 0.1) is 14.2 Å². The lowest BCUT2D eigenvalue weighted by Gasteiger charge is -2.25. The fraction of sp³-hybridized carbons (Fsp3) is 0.346. The monoisotopic (exact) mass is 437 g/mol. The summed E-state index contributed by atoms with van der Waals surface area (Å²) in [7, 11) is 4.92. The highest BCUT2D eigenvalue weighted by Crippen LogP contribution is 2.52. The van der Waals surface area contributed by atoms with Gasteiger partial charge in [-0.1, -0.05) is 43.2 Å². The number of hydrogen-bond donors (Lipinski definition) is 1. The summed E-state index contributed by atoms with van der Waals surface area (Å²) in [6.07, 6.45) is 1.59. The molecule has 32 heavy (non-hydrogen) atoms. The Bertz CT molecular complexity index is 1110. The van der Waals surface area contributed by atoms with Gasteiger partial charge in [0.1, 0.15) is 6.10 Å². The Kier molecular flexibility index (Phi) is 7.46. The quantitative estimate of drug-likeness (QED) is 0.325. The summed E-state index contributed by atoms with van der Waals surface area (Å²) in [5.41, 5.74) is 3.16. The molecule has 6 heteroatoms. The van der Waals surface area contributed by atoms with E-state index in [2.05, 4.69) is 37.4 Å². The molecule has 3 aromatic rings. The molecule has 3 aromatic carbocycles. The third-order valence-electron chi connectivity index (χ3n) is 5.30. The minimum Gasteiger partial charge on any atom is -0.490 e. The van der Waals surface area contributed by atoms with Crippen molar-refractivity contribution >= 4 is 22.4 Å². The predicted octanol–water partition coefficient (Wildman–Crippen LogP) is 6.05. The highest BCUT2D eigenvalue weighted by atomic mass is 16.6.